The highest BCUT2D eigenvalue weighted by molar-refractivity contribution is 7.89. The van der Waals surface area contributed by atoms with Gasteiger partial charge in [0.15, 0.2) is 0 Å². The molecule has 1 aromatic heterocycles. The van der Waals surface area contributed by atoms with Gasteiger partial charge in [0.1, 0.15) is 0 Å². The second kappa shape index (κ2) is 8.18. The molecule has 148 valence electrons. The van der Waals surface area contributed by atoms with Gasteiger partial charge < -0.3 is 15.4 Å². The van der Waals surface area contributed by atoms with Crippen LogP contribution in [0.15, 0.2) is 24.4 Å². The van der Waals surface area contributed by atoms with Crippen LogP contribution in [0.4, 0.5) is 0 Å². The van der Waals surface area contributed by atoms with Gasteiger partial charge in [-0.15, -0.1) is 0 Å². The summed E-state index contributed by atoms with van der Waals surface area (Å²) in [4.78, 5) is 15.7. The Hall–Kier alpha value is -1.61. The van der Waals surface area contributed by atoms with Crippen molar-refractivity contribution in [2.24, 2.45) is 0 Å². The first kappa shape index (κ1) is 20.1. The van der Waals surface area contributed by atoms with E-state index < -0.39 is 22.2 Å². The fourth-order valence-electron chi connectivity index (χ4n) is 3.66. The molecule has 2 aromatic rings. The van der Waals surface area contributed by atoms with Gasteiger partial charge in [0.2, 0.25) is 10.0 Å². The lowest BCUT2D eigenvalue weighted by Crippen LogP contribution is -2.57. The van der Waals surface area contributed by atoms with Gasteiger partial charge in [0.05, 0.1) is 28.5 Å². The molecular weight excluding hydrogens is 390 g/mol. The Morgan fingerprint density at radius 3 is 2.67 bits per heavy atom. The predicted molar refractivity (Wildman–Crippen MR) is 105 cm³/mol. The minimum atomic E-state index is -3.61. The highest BCUT2D eigenvalue weighted by atomic mass is 35.5. The monoisotopic (exact) mass is 413 g/mol. The van der Waals surface area contributed by atoms with Crippen LogP contribution in [0.25, 0.3) is 10.9 Å². The van der Waals surface area contributed by atoms with Gasteiger partial charge in [-0.05, 0) is 31.0 Å². The summed E-state index contributed by atoms with van der Waals surface area (Å²) in [5.74, 6) is -0.687. The number of sulfonamides is 1. The molecule has 1 heterocycles. The van der Waals surface area contributed by atoms with E-state index in [9.17, 15) is 13.2 Å². The number of aliphatic hydroxyl groups is 1. The Morgan fingerprint density at radius 2 is 1.96 bits per heavy atom. The molecule has 9 heteroatoms. The van der Waals surface area contributed by atoms with Gasteiger partial charge in [-0.1, -0.05) is 30.9 Å². The zero-order valence-corrected chi connectivity index (χ0v) is 16.5. The molecule has 1 aliphatic rings. The molecule has 1 fully saturated rings. The fourth-order valence-corrected chi connectivity index (χ4v) is 5.25. The number of hydrogen-bond donors (Lipinski definition) is 4. The number of nitrogens with one attached hydrogen (secondary N) is 3. The minimum Gasteiger partial charge on any atom is -0.395 e. The number of aliphatic hydroxyl groups excluding tert-OH is 1. The summed E-state index contributed by atoms with van der Waals surface area (Å²) in [6.07, 6.45) is 5.84. The third-order valence-electron chi connectivity index (χ3n) is 5.04. The van der Waals surface area contributed by atoms with E-state index >= 15 is 0 Å². The lowest BCUT2D eigenvalue weighted by Gasteiger charge is -2.37. The van der Waals surface area contributed by atoms with E-state index in [2.05, 4.69) is 15.0 Å². The van der Waals surface area contributed by atoms with Gasteiger partial charge >= 0.3 is 0 Å². The number of fused-ring (bicyclic) bond motifs is 1. The summed E-state index contributed by atoms with van der Waals surface area (Å²) in [6.45, 7) is -0.262. The van der Waals surface area contributed by atoms with Gasteiger partial charge in [-0.3, -0.25) is 4.79 Å². The van der Waals surface area contributed by atoms with Gasteiger partial charge in [-0.2, -0.15) is 0 Å². The molecule has 7 nitrogen and oxygen atoms in total. The third kappa shape index (κ3) is 4.63. The van der Waals surface area contributed by atoms with Crippen LogP contribution in [-0.2, 0) is 10.0 Å². The van der Waals surface area contributed by atoms with E-state index in [1.807, 2.05) is 0 Å². The Balaban J connectivity index is 1.76. The first-order valence-electron chi connectivity index (χ1n) is 9.02. The predicted octanol–water partition coefficient (Wildman–Crippen LogP) is 2.17. The molecule has 0 unspecified atom stereocenters. The first-order valence-corrected chi connectivity index (χ1v) is 11.1. The highest BCUT2D eigenvalue weighted by Gasteiger charge is 2.36. The molecule has 0 aliphatic heterocycles. The zero-order valence-electron chi connectivity index (χ0n) is 14.9. The average molecular weight is 414 g/mol. The molecule has 4 N–H and O–H groups in total. The van der Waals surface area contributed by atoms with Crippen molar-refractivity contribution in [3.8, 4) is 0 Å². The number of aromatic nitrogens is 1. The minimum absolute atomic E-state index is 0.179. The van der Waals surface area contributed by atoms with Gasteiger partial charge in [0.25, 0.3) is 5.91 Å². The quantitative estimate of drug-likeness (QED) is 0.557. The molecular formula is C18H24ClN3O4S. The number of rotatable bonds is 7. The van der Waals surface area contributed by atoms with E-state index in [0.29, 0.717) is 23.4 Å². The zero-order chi connectivity index (χ0) is 19.5. The van der Waals surface area contributed by atoms with Crippen molar-refractivity contribution in [3.05, 3.63) is 35.0 Å². The lowest BCUT2D eigenvalue weighted by atomic mass is 9.82. The smallest absolute Gasteiger partial charge is 0.252 e. The maximum atomic E-state index is 12.7. The molecule has 1 aliphatic carbocycles. The van der Waals surface area contributed by atoms with Crippen LogP contribution in [0.1, 0.15) is 42.5 Å². The van der Waals surface area contributed by atoms with Crippen LogP contribution < -0.4 is 10.0 Å². The highest BCUT2D eigenvalue weighted by Crippen LogP contribution is 2.30. The second-order valence-corrected chi connectivity index (χ2v) is 9.25. The molecule has 0 saturated heterocycles. The van der Waals surface area contributed by atoms with E-state index in [4.69, 9.17) is 16.7 Å². The molecule has 0 atom stereocenters. The fraction of sp³-hybridized carbons (Fsp3) is 0.500. The maximum Gasteiger partial charge on any atom is 0.252 e. The SMILES string of the molecule is O=C(NCC1(NS(=O)(=O)CCO)CCCCC1)c1ccc2[nH]ccc2c1Cl. The Labute approximate surface area is 163 Å². The van der Waals surface area contributed by atoms with Crippen LogP contribution in [0, 0.1) is 0 Å². The number of H-pyrrole nitrogens is 1. The number of amides is 1. The van der Waals surface area contributed by atoms with E-state index in [0.717, 1.165) is 30.2 Å². The van der Waals surface area contributed by atoms with E-state index in [1.54, 1.807) is 24.4 Å². The van der Waals surface area contributed by atoms with Crippen molar-refractivity contribution in [2.45, 2.75) is 37.6 Å². The standard InChI is InChI=1S/C18H24ClN3O4S/c19-16-13-6-9-20-15(13)5-4-14(16)17(24)21-12-18(7-2-1-3-8-18)22-27(25,26)11-10-23/h4-6,9,20,22-23H,1-3,7-8,10-12H2,(H,21,24). The van der Waals surface area contributed by atoms with Crippen molar-refractivity contribution >= 4 is 38.4 Å². The Bertz CT molecular complexity index is 920. The largest absolute Gasteiger partial charge is 0.395 e. The van der Waals surface area contributed by atoms with Gasteiger partial charge in [0, 0.05) is 23.6 Å². The van der Waals surface area contributed by atoms with Gasteiger partial charge in [-0.25, -0.2) is 13.1 Å². The number of hydrogen-bond acceptors (Lipinski definition) is 4. The normalized spacial score (nSPS) is 17.1. The summed E-state index contributed by atoms with van der Waals surface area (Å²) in [5, 5.41) is 13.0. The number of halogens is 1. The Morgan fingerprint density at radius 1 is 1.22 bits per heavy atom. The molecule has 1 saturated carbocycles. The molecule has 1 amide bonds. The van der Waals surface area contributed by atoms with Crippen LogP contribution in [-0.4, -0.2) is 48.9 Å². The van der Waals surface area contributed by atoms with Crippen molar-refractivity contribution in [1.29, 1.82) is 0 Å². The van der Waals surface area contributed by atoms with Crippen LogP contribution in [0.5, 0.6) is 0 Å². The summed E-state index contributed by atoms with van der Waals surface area (Å²) in [5.41, 5.74) is 0.469. The summed E-state index contributed by atoms with van der Waals surface area (Å²) < 4.78 is 27.1. The van der Waals surface area contributed by atoms with Crippen molar-refractivity contribution in [3.63, 3.8) is 0 Å². The van der Waals surface area contributed by atoms with E-state index in [-0.39, 0.29) is 18.2 Å². The molecule has 1 aromatic carbocycles. The van der Waals surface area contributed by atoms with Crippen LogP contribution >= 0.6 is 11.6 Å². The number of benzene rings is 1. The summed E-state index contributed by atoms with van der Waals surface area (Å²) in [7, 11) is -3.61. The van der Waals surface area contributed by atoms with Crippen LogP contribution in [0.3, 0.4) is 0 Å². The van der Waals surface area contributed by atoms with Crippen molar-refractivity contribution < 1.29 is 18.3 Å². The topological polar surface area (TPSA) is 111 Å². The molecule has 3 rings (SSSR count). The third-order valence-corrected chi connectivity index (χ3v) is 6.91. The summed E-state index contributed by atoms with van der Waals surface area (Å²) >= 11 is 6.36. The molecule has 0 spiro atoms. The van der Waals surface area contributed by atoms with E-state index in [1.165, 1.54) is 0 Å². The number of carbonyl (C=O) groups excluding carboxylic acids is 1. The molecule has 0 bridgehead atoms. The van der Waals surface area contributed by atoms with Crippen LogP contribution in [0.2, 0.25) is 5.02 Å². The maximum absolute atomic E-state index is 12.7. The average Bonchev–Trinajstić information content (AvgIpc) is 3.10. The lowest BCUT2D eigenvalue weighted by molar-refractivity contribution is 0.0934. The van der Waals surface area contributed by atoms with Crippen molar-refractivity contribution in [1.82, 2.24) is 15.0 Å². The summed E-state index contributed by atoms with van der Waals surface area (Å²) in [6, 6.07) is 5.25. The second-order valence-electron chi connectivity index (χ2n) is 7.03. The molecule has 0 radical (unpaired) electrons. The first-order chi connectivity index (χ1) is 12.9. The number of carbonyl (C=O) groups is 1. The number of aromatic amines is 1. The Kier molecular flexibility index (Phi) is 6.10. The molecule has 27 heavy (non-hydrogen) atoms. The van der Waals surface area contributed by atoms with Crippen molar-refractivity contribution in [2.75, 3.05) is 18.9 Å².